The van der Waals surface area contributed by atoms with Gasteiger partial charge in [0.1, 0.15) is 11.6 Å². The van der Waals surface area contributed by atoms with Crippen molar-refractivity contribution >= 4 is 5.69 Å². The largest absolute Gasteiger partial charge is 0.365 e. The first kappa shape index (κ1) is 12.9. The van der Waals surface area contributed by atoms with Crippen LogP contribution in [0.3, 0.4) is 0 Å². The van der Waals surface area contributed by atoms with Gasteiger partial charge >= 0.3 is 0 Å². The molecule has 2 unspecified atom stereocenters. The SMILES string of the molecule is CNC1CC2CCCC(C1)N2c1cc(F)cc(F)c1. The molecule has 2 bridgehead atoms. The summed E-state index contributed by atoms with van der Waals surface area (Å²) in [6.45, 7) is 0. The molecule has 2 heterocycles. The number of fused-ring (bicyclic) bond motifs is 2. The zero-order chi connectivity index (χ0) is 13.4. The van der Waals surface area contributed by atoms with Gasteiger partial charge in [-0.2, -0.15) is 0 Å². The number of hydrogen-bond acceptors (Lipinski definition) is 2. The van der Waals surface area contributed by atoms with E-state index in [0.717, 1.165) is 31.7 Å². The Morgan fingerprint density at radius 2 is 1.63 bits per heavy atom. The third kappa shape index (κ3) is 2.46. The molecule has 0 spiro atoms. The quantitative estimate of drug-likeness (QED) is 0.885. The summed E-state index contributed by atoms with van der Waals surface area (Å²) in [6.07, 6.45) is 5.58. The topological polar surface area (TPSA) is 15.3 Å². The molecule has 1 N–H and O–H groups in total. The van der Waals surface area contributed by atoms with Gasteiger partial charge in [-0.3, -0.25) is 0 Å². The lowest BCUT2D eigenvalue weighted by atomic mass is 9.81. The van der Waals surface area contributed by atoms with E-state index in [1.807, 2.05) is 7.05 Å². The van der Waals surface area contributed by atoms with Crippen molar-refractivity contribution in [1.29, 1.82) is 0 Å². The van der Waals surface area contributed by atoms with E-state index >= 15 is 0 Å². The monoisotopic (exact) mass is 266 g/mol. The summed E-state index contributed by atoms with van der Waals surface area (Å²) in [5, 5.41) is 3.35. The molecule has 2 atom stereocenters. The van der Waals surface area contributed by atoms with Crippen LogP contribution in [0.15, 0.2) is 18.2 Å². The Morgan fingerprint density at radius 1 is 1.05 bits per heavy atom. The number of anilines is 1. The molecule has 1 aromatic rings. The Balaban J connectivity index is 1.91. The number of hydrogen-bond donors (Lipinski definition) is 1. The summed E-state index contributed by atoms with van der Waals surface area (Å²) in [5.41, 5.74) is 0.710. The van der Waals surface area contributed by atoms with Crippen molar-refractivity contribution in [1.82, 2.24) is 5.32 Å². The van der Waals surface area contributed by atoms with Crippen LogP contribution >= 0.6 is 0 Å². The molecule has 2 nitrogen and oxygen atoms in total. The minimum Gasteiger partial charge on any atom is -0.365 e. The van der Waals surface area contributed by atoms with Crippen LogP contribution in [-0.2, 0) is 0 Å². The molecular formula is C15H20F2N2. The second-order valence-electron chi connectivity index (χ2n) is 5.73. The molecule has 0 amide bonds. The van der Waals surface area contributed by atoms with Crippen LogP contribution in [-0.4, -0.2) is 25.2 Å². The standard InChI is InChI=1S/C15H20F2N2/c1-18-12-8-13-3-2-4-14(9-12)19(13)15-6-10(16)5-11(17)7-15/h5-7,12-14,18H,2-4,8-9H2,1H3. The minimum absolute atomic E-state index is 0.408. The normalized spacial score (nSPS) is 30.5. The molecule has 0 aliphatic carbocycles. The van der Waals surface area contributed by atoms with Crippen LogP contribution in [0.25, 0.3) is 0 Å². The van der Waals surface area contributed by atoms with E-state index in [1.54, 1.807) is 0 Å². The van der Waals surface area contributed by atoms with E-state index in [0.29, 0.717) is 23.8 Å². The second-order valence-corrected chi connectivity index (χ2v) is 5.73. The summed E-state index contributed by atoms with van der Waals surface area (Å²) in [7, 11) is 2.00. The maximum Gasteiger partial charge on any atom is 0.128 e. The fourth-order valence-electron chi connectivity index (χ4n) is 3.73. The van der Waals surface area contributed by atoms with Gasteiger partial charge in [0.2, 0.25) is 0 Å². The molecular weight excluding hydrogens is 246 g/mol. The maximum absolute atomic E-state index is 13.4. The predicted molar refractivity (Wildman–Crippen MR) is 72.3 cm³/mol. The summed E-state index contributed by atoms with van der Waals surface area (Å²) < 4.78 is 26.8. The van der Waals surface area contributed by atoms with Crippen LogP contribution in [0.5, 0.6) is 0 Å². The zero-order valence-electron chi connectivity index (χ0n) is 11.2. The number of nitrogens with one attached hydrogen (secondary N) is 1. The van der Waals surface area contributed by atoms with Gasteiger partial charge in [-0.25, -0.2) is 8.78 Å². The van der Waals surface area contributed by atoms with Crippen LogP contribution in [0.4, 0.5) is 14.5 Å². The van der Waals surface area contributed by atoms with Crippen molar-refractivity contribution in [3.63, 3.8) is 0 Å². The van der Waals surface area contributed by atoms with Crippen LogP contribution in [0, 0.1) is 11.6 Å². The first-order valence-corrected chi connectivity index (χ1v) is 7.09. The van der Waals surface area contributed by atoms with Gasteiger partial charge in [0, 0.05) is 29.9 Å². The van der Waals surface area contributed by atoms with E-state index in [2.05, 4.69) is 10.2 Å². The Morgan fingerprint density at radius 3 is 2.16 bits per heavy atom. The molecule has 0 saturated carbocycles. The highest BCUT2D eigenvalue weighted by Gasteiger charge is 2.38. The molecule has 2 fully saturated rings. The summed E-state index contributed by atoms with van der Waals surface area (Å²) >= 11 is 0. The van der Waals surface area contributed by atoms with Crippen LogP contribution in [0.2, 0.25) is 0 Å². The first-order chi connectivity index (χ1) is 9.17. The maximum atomic E-state index is 13.4. The average molecular weight is 266 g/mol. The molecule has 2 aliphatic rings. The Labute approximate surface area is 112 Å². The van der Waals surface area contributed by atoms with Gasteiger partial charge < -0.3 is 10.2 Å². The van der Waals surface area contributed by atoms with E-state index in [9.17, 15) is 8.78 Å². The van der Waals surface area contributed by atoms with Crippen molar-refractivity contribution in [3.8, 4) is 0 Å². The van der Waals surface area contributed by atoms with Gasteiger partial charge in [0.25, 0.3) is 0 Å². The lowest BCUT2D eigenvalue weighted by Crippen LogP contribution is -2.56. The van der Waals surface area contributed by atoms with E-state index in [-0.39, 0.29) is 0 Å². The summed E-state index contributed by atoms with van der Waals surface area (Å²) in [4.78, 5) is 2.25. The van der Waals surface area contributed by atoms with Crippen molar-refractivity contribution in [2.45, 2.75) is 50.2 Å². The third-order valence-electron chi connectivity index (χ3n) is 4.53. The van der Waals surface area contributed by atoms with Gasteiger partial charge in [0.15, 0.2) is 0 Å². The highest BCUT2D eigenvalue weighted by atomic mass is 19.1. The second kappa shape index (κ2) is 5.08. The summed E-state index contributed by atoms with van der Waals surface area (Å²) in [6, 6.07) is 5.23. The summed E-state index contributed by atoms with van der Waals surface area (Å²) in [5.74, 6) is -0.965. The highest BCUT2D eigenvalue weighted by Crippen LogP contribution is 2.38. The fourth-order valence-corrected chi connectivity index (χ4v) is 3.73. The highest BCUT2D eigenvalue weighted by molar-refractivity contribution is 5.50. The van der Waals surface area contributed by atoms with Crippen molar-refractivity contribution < 1.29 is 8.78 Å². The number of rotatable bonds is 2. The van der Waals surface area contributed by atoms with E-state index in [1.165, 1.54) is 18.6 Å². The first-order valence-electron chi connectivity index (χ1n) is 7.09. The lowest BCUT2D eigenvalue weighted by Gasteiger charge is -2.50. The molecule has 0 radical (unpaired) electrons. The van der Waals surface area contributed by atoms with Crippen molar-refractivity contribution in [3.05, 3.63) is 29.8 Å². The molecule has 0 aromatic heterocycles. The average Bonchev–Trinajstić information content (AvgIpc) is 2.35. The lowest BCUT2D eigenvalue weighted by molar-refractivity contribution is 0.252. The predicted octanol–water partition coefficient (Wildman–Crippen LogP) is 3.07. The third-order valence-corrected chi connectivity index (χ3v) is 4.53. The van der Waals surface area contributed by atoms with Crippen molar-refractivity contribution in [2.75, 3.05) is 11.9 Å². The van der Waals surface area contributed by atoms with E-state index in [4.69, 9.17) is 0 Å². The number of nitrogens with zero attached hydrogens (tertiary/aromatic N) is 1. The van der Waals surface area contributed by atoms with Gasteiger partial charge in [0.05, 0.1) is 0 Å². The zero-order valence-corrected chi connectivity index (χ0v) is 11.2. The molecule has 104 valence electrons. The molecule has 2 saturated heterocycles. The number of halogens is 2. The molecule has 2 aliphatic heterocycles. The Bertz CT molecular complexity index is 429. The minimum atomic E-state index is -0.483. The van der Waals surface area contributed by atoms with E-state index < -0.39 is 11.6 Å². The molecule has 3 rings (SSSR count). The van der Waals surface area contributed by atoms with Gasteiger partial charge in [-0.05, 0) is 51.3 Å². The Hall–Kier alpha value is -1.16. The van der Waals surface area contributed by atoms with Crippen LogP contribution in [0.1, 0.15) is 32.1 Å². The van der Waals surface area contributed by atoms with Gasteiger partial charge in [-0.1, -0.05) is 0 Å². The molecule has 4 heteroatoms. The fraction of sp³-hybridized carbons (Fsp3) is 0.600. The number of benzene rings is 1. The smallest absolute Gasteiger partial charge is 0.128 e. The number of piperidine rings is 2. The Kier molecular flexibility index (Phi) is 3.44. The van der Waals surface area contributed by atoms with Gasteiger partial charge in [-0.15, -0.1) is 0 Å². The molecule has 19 heavy (non-hydrogen) atoms. The van der Waals surface area contributed by atoms with Crippen LogP contribution < -0.4 is 10.2 Å². The van der Waals surface area contributed by atoms with Crippen molar-refractivity contribution in [2.24, 2.45) is 0 Å². The molecule has 1 aromatic carbocycles.